The highest BCUT2D eigenvalue weighted by atomic mass is 16.5. The van der Waals surface area contributed by atoms with Gasteiger partial charge in [0, 0.05) is 12.2 Å². The normalized spacial score (nSPS) is 12.4. The highest BCUT2D eigenvalue weighted by molar-refractivity contribution is 5.34. The quantitative estimate of drug-likeness (QED) is 0.708. The first-order chi connectivity index (χ1) is 8.29. The Bertz CT molecular complexity index is 312. The first kappa shape index (κ1) is 14.0. The van der Waals surface area contributed by atoms with Gasteiger partial charge in [-0.2, -0.15) is 0 Å². The summed E-state index contributed by atoms with van der Waals surface area (Å²) < 4.78 is 11.0. The van der Waals surface area contributed by atoms with Crippen LogP contribution >= 0.6 is 0 Å². The molecule has 0 aliphatic heterocycles. The zero-order valence-electron chi connectivity index (χ0n) is 10.7. The van der Waals surface area contributed by atoms with Gasteiger partial charge < -0.3 is 14.6 Å². The fourth-order valence-corrected chi connectivity index (χ4v) is 1.56. The number of aliphatic hydroxyl groups excluding tert-OH is 1. The second-order valence-electron chi connectivity index (χ2n) is 3.92. The molecule has 0 radical (unpaired) electrons. The molecule has 0 aromatic heterocycles. The van der Waals surface area contributed by atoms with E-state index in [4.69, 9.17) is 9.47 Å². The summed E-state index contributed by atoms with van der Waals surface area (Å²) in [5.74, 6) is 0.752. The Morgan fingerprint density at radius 1 is 1.12 bits per heavy atom. The van der Waals surface area contributed by atoms with Crippen molar-refractivity contribution in [1.82, 2.24) is 0 Å². The van der Waals surface area contributed by atoms with Gasteiger partial charge in [0.2, 0.25) is 0 Å². The van der Waals surface area contributed by atoms with Gasteiger partial charge in [0.25, 0.3) is 0 Å². The number of benzene rings is 1. The predicted octanol–water partition coefficient (Wildman–Crippen LogP) is 2.94. The molecule has 0 aliphatic carbocycles. The highest BCUT2D eigenvalue weighted by Gasteiger charge is 2.10. The summed E-state index contributed by atoms with van der Waals surface area (Å²) in [6.45, 7) is 5.90. The molecule has 0 heterocycles. The van der Waals surface area contributed by atoms with Crippen LogP contribution in [0.3, 0.4) is 0 Å². The van der Waals surface area contributed by atoms with Crippen molar-refractivity contribution >= 4 is 0 Å². The van der Waals surface area contributed by atoms with Gasteiger partial charge in [-0.05, 0) is 18.9 Å². The van der Waals surface area contributed by atoms with E-state index in [9.17, 15) is 5.11 Å². The molecule has 0 bridgehead atoms. The van der Waals surface area contributed by atoms with Crippen molar-refractivity contribution in [3.05, 3.63) is 29.8 Å². The predicted molar refractivity (Wildman–Crippen MR) is 68.3 cm³/mol. The second kappa shape index (κ2) is 8.09. The second-order valence-corrected chi connectivity index (χ2v) is 3.92. The molecule has 0 spiro atoms. The number of aliphatic hydroxyl groups is 1. The summed E-state index contributed by atoms with van der Waals surface area (Å²) in [5.41, 5.74) is 0.852. The van der Waals surface area contributed by atoms with Gasteiger partial charge in [-0.15, -0.1) is 0 Å². The summed E-state index contributed by atoms with van der Waals surface area (Å²) >= 11 is 0. The monoisotopic (exact) mass is 238 g/mol. The van der Waals surface area contributed by atoms with Crippen LogP contribution in [0.5, 0.6) is 5.75 Å². The van der Waals surface area contributed by atoms with Crippen molar-refractivity contribution in [2.24, 2.45) is 0 Å². The van der Waals surface area contributed by atoms with Crippen molar-refractivity contribution in [3.63, 3.8) is 0 Å². The third-order valence-corrected chi connectivity index (χ3v) is 2.50. The minimum Gasteiger partial charge on any atom is -0.491 e. The van der Waals surface area contributed by atoms with Crippen LogP contribution in [0.15, 0.2) is 24.3 Å². The molecule has 96 valence electrons. The lowest BCUT2D eigenvalue weighted by atomic mass is 10.1. The molecule has 0 amide bonds. The van der Waals surface area contributed by atoms with E-state index in [0.717, 1.165) is 24.3 Å². The molecule has 17 heavy (non-hydrogen) atoms. The number of rotatable bonds is 8. The fourth-order valence-electron chi connectivity index (χ4n) is 1.56. The topological polar surface area (TPSA) is 38.7 Å². The van der Waals surface area contributed by atoms with E-state index in [2.05, 4.69) is 6.92 Å². The maximum atomic E-state index is 9.84. The molecule has 3 heteroatoms. The minimum absolute atomic E-state index is 0.456. The highest BCUT2D eigenvalue weighted by Crippen LogP contribution is 2.26. The van der Waals surface area contributed by atoms with Crippen molar-refractivity contribution in [2.75, 3.05) is 19.8 Å². The van der Waals surface area contributed by atoms with Crippen LogP contribution in [0.2, 0.25) is 0 Å². The summed E-state index contributed by atoms with van der Waals surface area (Å²) in [6, 6.07) is 7.60. The average Bonchev–Trinajstić information content (AvgIpc) is 2.38. The minimum atomic E-state index is -0.456. The van der Waals surface area contributed by atoms with Gasteiger partial charge in [0.05, 0.1) is 12.7 Å². The Balaban J connectivity index is 2.46. The summed E-state index contributed by atoms with van der Waals surface area (Å²) in [4.78, 5) is 0. The van der Waals surface area contributed by atoms with E-state index in [1.165, 1.54) is 0 Å². The fraction of sp³-hybridized carbons (Fsp3) is 0.571. The lowest BCUT2D eigenvalue weighted by molar-refractivity contribution is 0.0980. The molecule has 0 aliphatic rings. The zero-order valence-corrected chi connectivity index (χ0v) is 10.7. The van der Waals surface area contributed by atoms with Gasteiger partial charge in [-0.25, -0.2) is 0 Å². The van der Waals surface area contributed by atoms with Crippen LogP contribution in [-0.4, -0.2) is 24.9 Å². The van der Waals surface area contributed by atoms with E-state index in [1.54, 1.807) is 0 Å². The summed E-state index contributed by atoms with van der Waals surface area (Å²) in [7, 11) is 0. The van der Waals surface area contributed by atoms with Gasteiger partial charge in [0.15, 0.2) is 0 Å². The van der Waals surface area contributed by atoms with Gasteiger partial charge in [-0.1, -0.05) is 32.0 Å². The van der Waals surface area contributed by atoms with Gasteiger partial charge in [-0.3, -0.25) is 0 Å². The van der Waals surface area contributed by atoms with E-state index in [0.29, 0.717) is 19.6 Å². The van der Waals surface area contributed by atoms with E-state index < -0.39 is 6.10 Å². The first-order valence-corrected chi connectivity index (χ1v) is 6.27. The first-order valence-electron chi connectivity index (χ1n) is 6.27. The maximum Gasteiger partial charge on any atom is 0.125 e. The molecule has 0 saturated heterocycles. The molecule has 1 atom stereocenters. The van der Waals surface area contributed by atoms with Crippen LogP contribution in [0, 0.1) is 0 Å². The Kier molecular flexibility index (Phi) is 6.67. The van der Waals surface area contributed by atoms with E-state index >= 15 is 0 Å². The van der Waals surface area contributed by atoms with Crippen LogP contribution in [-0.2, 0) is 4.74 Å². The van der Waals surface area contributed by atoms with Crippen LogP contribution in [0.25, 0.3) is 0 Å². The molecule has 0 unspecified atom stereocenters. The molecule has 0 saturated carbocycles. The zero-order chi connectivity index (χ0) is 12.5. The molecule has 1 N–H and O–H groups in total. The average molecular weight is 238 g/mol. The molecular formula is C14H22O3. The standard InChI is InChI=1S/C14H22O3/c1-3-9-16-10-11-17-14-8-6-5-7-12(14)13(15)4-2/h5-8,13,15H,3-4,9-11H2,1-2H3/t13-/m1/s1. The summed E-state index contributed by atoms with van der Waals surface area (Å²) in [5, 5.41) is 9.84. The Morgan fingerprint density at radius 3 is 2.59 bits per heavy atom. The van der Waals surface area contributed by atoms with E-state index in [1.807, 2.05) is 31.2 Å². The largest absolute Gasteiger partial charge is 0.491 e. The van der Waals surface area contributed by atoms with Crippen molar-refractivity contribution in [3.8, 4) is 5.75 Å². The Morgan fingerprint density at radius 2 is 1.88 bits per heavy atom. The number of para-hydroxylation sites is 1. The van der Waals surface area contributed by atoms with E-state index in [-0.39, 0.29) is 0 Å². The summed E-state index contributed by atoms with van der Waals surface area (Å²) in [6.07, 6.45) is 1.25. The van der Waals surface area contributed by atoms with Crippen molar-refractivity contribution in [1.29, 1.82) is 0 Å². The van der Waals surface area contributed by atoms with Gasteiger partial charge >= 0.3 is 0 Å². The molecule has 3 nitrogen and oxygen atoms in total. The molecular weight excluding hydrogens is 216 g/mol. The van der Waals surface area contributed by atoms with Gasteiger partial charge in [0.1, 0.15) is 12.4 Å². The number of hydrogen-bond acceptors (Lipinski definition) is 3. The molecule has 1 aromatic carbocycles. The number of ether oxygens (including phenoxy) is 2. The smallest absolute Gasteiger partial charge is 0.125 e. The molecule has 1 rings (SSSR count). The van der Waals surface area contributed by atoms with Crippen LogP contribution < -0.4 is 4.74 Å². The SMILES string of the molecule is CCCOCCOc1ccccc1[C@H](O)CC. The lowest BCUT2D eigenvalue weighted by Crippen LogP contribution is -2.09. The molecule has 0 fully saturated rings. The Labute approximate surface area is 103 Å². The number of hydrogen-bond donors (Lipinski definition) is 1. The van der Waals surface area contributed by atoms with Crippen molar-refractivity contribution < 1.29 is 14.6 Å². The van der Waals surface area contributed by atoms with Crippen LogP contribution in [0.4, 0.5) is 0 Å². The molecule has 1 aromatic rings. The lowest BCUT2D eigenvalue weighted by Gasteiger charge is -2.14. The van der Waals surface area contributed by atoms with Crippen molar-refractivity contribution in [2.45, 2.75) is 32.8 Å². The Hall–Kier alpha value is -1.06. The third kappa shape index (κ3) is 4.75. The maximum absolute atomic E-state index is 9.84. The van der Waals surface area contributed by atoms with Crippen LogP contribution in [0.1, 0.15) is 38.4 Å². The third-order valence-electron chi connectivity index (χ3n) is 2.50.